The minimum Gasteiger partial charge on any atom is -0.460 e. The van der Waals surface area contributed by atoms with Crippen LogP contribution in [0.15, 0.2) is 22.2 Å². The fourth-order valence-corrected chi connectivity index (χ4v) is 5.81. The second-order valence-electron chi connectivity index (χ2n) is 8.78. The standard InChI is InChI=1S/C20H29BrO2/c1-13-11-16(21)12-15-7-10-20(17(13)15)8-5-14(6-9-20)18(22)23-19(2,3)4/h11-14,17H,5-10H2,1-4H3/t13?,14-,17?,20+. The molecule has 128 valence electrons. The summed E-state index contributed by atoms with van der Waals surface area (Å²) in [6, 6.07) is 0. The lowest BCUT2D eigenvalue weighted by molar-refractivity contribution is -0.162. The summed E-state index contributed by atoms with van der Waals surface area (Å²) in [7, 11) is 0. The largest absolute Gasteiger partial charge is 0.460 e. The lowest BCUT2D eigenvalue weighted by Gasteiger charge is -2.44. The van der Waals surface area contributed by atoms with Gasteiger partial charge in [0.2, 0.25) is 0 Å². The molecule has 3 aliphatic rings. The van der Waals surface area contributed by atoms with E-state index in [-0.39, 0.29) is 17.5 Å². The van der Waals surface area contributed by atoms with Crippen LogP contribution < -0.4 is 0 Å². The van der Waals surface area contributed by atoms with Crippen LogP contribution in [0.4, 0.5) is 0 Å². The highest BCUT2D eigenvalue weighted by Gasteiger charge is 2.50. The first-order chi connectivity index (χ1) is 10.7. The van der Waals surface area contributed by atoms with E-state index in [1.54, 1.807) is 5.57 Å². The van der Waals surface area contributed by atoms with Gasteiger partial charge in [0.1, 0.15) is 5.60 Å². The van der Waals surface area contributed by atoms with Crippen molar-refractivity contribution in [1.29, 1.82) is 0 Å². The van der Waals surface area contributed by atoms with Crippen LogP contribution in [0.3, 0.4) is 0 Å². The molecule has 0 bridgehead atoms. The van der Waals surface area contributed by atoms with Gasteiger partial charge in [-0.15, -0.1) is 0 Å². The number of carbonyl (C=O) groups excluding carboxylic acids is 1. The van der Waals surface area contributed by atoms with E-state index in [4.69, 9.17) is 4.74 Å². The first-order valence-corrected chi connectivity index (χ1v) is 9.80. The third-order valence-electron chi connectivity index (χ3n) is 5.96. The minimum absolute atomic E-state index is 0.0143. The van der Waals surface area contributed by atoms with E-state index in [2.05, 4.69) is 35.0 Å². The van der Waals surface area contributed by atoms with Crippen molar-refractivity contribution in [2.24, 2.45) is 23.2 Å². The molecule has 2 nitrogen and oxygen atoms in total. The Morgan fingerprint density at radius 3 is 2.52 bits per heavy atom. The zero-order valence-corrected chi connectivity index (χ0v) is 16.4. The first kappa shape index (κ1) is 17.3. The smallest absolute Gasteiger partial charge is 0.309 e. The zero-order chi connectivity index (χ0) is 16.8. The average Bonchev–Trinajstić information content (AvgIpc) is 2.76. The highest BCUT2D eigenvalue weighted by atomic mass is 79.9. The number of carbonyl (C=O) groups is 1. The summed E-state index contributed by atoms with van der Waals surface area (Å²) in [6.07, 6.45) is 11.6. The number of ether oxygens (including phenoxy) is 1. The van der Waals surface area contributed by atoms with Crippen LogP contribution >= 0.6 is 15.9 Å². The Bertz CT molecular complexity index is 544. The molecule has 0 aromatic rings. The lowest BCUT2D eigenvalue weighted by Crippen LogP contribution is -2.38. The summed E-state index contributed by atoms with van der Waals surface area (Å²) in [5.41, 5.74) is 1.68. The molecule has 2 atom stereocenters. The lowest BCUT2D eigenvalue weighted by atomic mass is 9.61. The van der Waals surface area contributed by atoms with Gasteiger partial charge in [0.25, 0.3) is 0 Å². The van der Waals surface area contributed by atoms with Crippen molar-refractivity contribution in [2.45, 2.75) is 71.8 Å². The fourth-order valence-electron chi connectivity index (χ4n) is 5.10. The van der Waals surface area contributed by atoms with Gasteiger partial charge in [-0.25, -0.2) is 0 Å². The second-order valence-corrected chi connectivity index (χ2v) is 9.69. The van der Waals surface area contributed by atoms with Gasteiger partial charge in [-0.2, -0.15) is 0 Å². The molecule has 0 heterocycles. The van der Waals surface area contributed by atoms with Crippen molar-refractivity contribution in [3.63, 3.8) is 0 Å². The van der Waals surface area contributed by atoms with Gasteiger partial charge in [0.15, 0.2) is 0 Å². The molecule has 0 radical (unpaired) electrons. The van der Waals surface area contributed by atoms with Crippen LogP contribution in [0.2, 0.25) is 0 Å². The number of hydrogen-bond donors (Lipinski definition) is 0. The van der Waals surface area contributed by atoms with Gasteiger partial charge in [-0.05, 0) is 82.6 Å². The van der Waals surface area contributed by atoms with Crippen molar-refractivity contribution in [3.05, 3.63) is 22.2 Å². The molecule has 2 saturated carbocycles. The number of hydrogen-bond acceptors (Lipinski definition) is 2. The van der Waals surface area contributed by atoms with E-state index in [1.807, 2.05) is 20.8 Å². The minimum atomic E-state index is -0.371. The van der Waals surface area contributed by atoms with E-state index in [1.165, 1.54) is 30.2 Å². The zero-order valence-electron chi connectivity index (χ0n) is 14.8. The Morgan fingerprint density at radius 1 is 1.26 bits per heavy atom. The Morgan fingerprint density at radius 2 is 1.91 bits per heavy atom. The Balaban J connectivity index is 1.67. The molecular formula is C20H29BrO2. The van der Waals surface area contributed by atoms with Gasteiger partial charge >= 0.3 is 5.97 Å². The van der Waals surface area contributed by atoms with E-state index in [0.717, 1.165) is 12.8 Å². The van der Waals surface area contributed by atoms with Crippen molar-refractivity contribution >= 4 is 21.9 Å². The van der Waals surface area contributed by atoms with Crippen LogP contribution in [0.1, 0.15) is 66.2 Å². The average molecular weight is 381 g/mol. The number of fused-ring (bicyclic) bond motifs is 2. The maximum atomic E-state index is 12.4. The maximum absolute atomic E-state index is 12.4. The van der Waals surface area contributed by atoms with E-state index in [0.29, 0.717) is 17.3 Å². The van der Waals surface area contributed by atoms with Crippen molar-refractivity contribution in [1.82, 2.24) is 0 Å². The van der Waals surface area contributed by atoms with Gasteiger partial charge in [0, 0.05) is 4.48 Å². The molecule has 3 heteroatoms. The van der Waals surface area contributed by atoms with Gasteiger partial charge in [-0.1, -0.05) is 34.5 Å². The Kier molecular flexibility index (Phi) is 4.54. The molecule has 0 N–H and O–H groups in total. The molecule has 0 amide bonds. The molecule has 0 saturated heterocycles. The Labute approximate surface area is 148 Å². The third kappa shape index (κ3) is 3.45. The predicted molar refractivity (Wildman–Crippen MR) is 97.2 cm³/mol. The van der Waals surface area contributed by atoms with Crippen LogP contribution in [0.25, 0.3) is 0 Å². The normalized spacial score (nSPS) is 37.2. The highest BCUT2D eigenvalue weighted by Crippen LogP contribution is 2.60. The molecule has 0 aromatic carbocycles. The van der Waals surface area contributed by atoms with Crippen LogP contribution in [0, 0.1) is 23.2 Å². The Hall–Kier alpha value is -0.570. The molecule has 3 aliphatic carbocycles. The number of rotatable bonds is 1. The van der Waals surface area contributed by atoms with E-state index in [9.17, 15) is 4.79 Å². The van der Waals surface area contributed by atoms with Crippen LogP contribution in [-0.2, 0) is 9.53 Å². The monoisotopic (exact) mass is 380 g/mol. The number of halogens is 1. The van der Waals surface area contributed by atoms with Crippen molar-refractivity contribution < 1.29 is 9.53 Å². The van der Waals surface area contributed by atoms with Crippen molar-refractivity contribution in [3.8, 4) is 0 Å². The van der Waals surface area contributed by atoms with Gasteiger partial charge < -0.3 is 4.74 Å². The molecule has 2 unspecified atom stereocenters. The summed E-state index contributed by atoms with van der Waals surface area (Å²) in [5.74, 6) is 1.41. The fraction of sp³-hybridized carbons (Fsp3) is 0.750. The summed E-state index contributed by atoms with van der Waals surface area (Å²) in [4.78, 5) is 12.4. The number of allylic oxidation sites excluding steroid dienone is 4. The summed E-state index contributed by atoms with van der Waals surface area (Å²) >= 11 is 3.66. The SMILES string of the molecule is CC1C=C(Br)C=C2CC[C@]3(CC[C@H](C(=O)OC(C)(C)C)CC3)C21. The molecule has 23 heavy (non-hydrogen) atoms. The molecule has 3 rings (SSSR count). The molecule has 1 spiro atoms. The second kappa shape index (κ2) is 6.06. The van der Waals surface area contributed by atoms with E-state index >= 15 is 0 Å². The molecule has 0 aliphatic heterocycles. The maximum Gasteiger partial charge on any atom is 0.309 e. The highest BCUT2D eigenvalue weighted by molar-refractivity contribution is 9.11. The molecule has 0 aromatic heterocycles. The summed E-state index contributed by atoms with van der Waals surface area (Å²) in [6.45, 7) is 8.22. The predicted octanol–water partition coefficient (Wildman–Crippen LogP) is 5.77. The quantitative estimate of drug-likeness (QED) is 0.539. The topological polar surface area (TPSA) is 26.3 Å². The molecular weight excluding hydrogens is 352 g/mol. The van der Waals surface area contributed by atoms with E-state index < -0.39 is 0 Å². The summed E-state index contributed by atoms with van der Waals surface area (Å²) in [5, 5.41) is 0. The van der Waals surface area contributed by atoms with Crippen molar-refractivity contribution in [2.75, 3.05) is 0 Å². The molecule has 2 fully saturated rings. The third-order valence-corrected chi connectivity index (χ3v) is 6.46. The van der Waals surface area contributed by atoms with Crippen LogP contribution in [0.5, 0.6) is 0 Å². The van der Waals surface area contributed by atoms with Gasteiger partial charge in [-0.3, -0.25) is 4.79 Å². The number of esters is 1. The van der Waals surface area contributed by atoms with Crippen LogP contribution in [-0.4, -0.2) is 11.6 Å². The summed E-state index contributed by atoms with van der Waals surface area (Å²) < 4.78 is 6.85. The van der Waals surface area contributed by atoms with Gasteiger partial charge in [0.05, 0.1) is 5.92 Å². The first-order valence-electron chi connectivity index (χ1n) is 9.01.